The largest absolute Gasteiger partial charge is 0.345 e. The molecule has 1 aromatic heterocycles. The Kier molecular flexibility index (Phi) is 3.70. The number of thiazole rings is 1. The van der Waals surface area contributed by atoms with Gasteiger partial charge in [-0.1, -0.05) is 22.9 Å². The molecule has 2 unspecified atom stereocenters. The minimum Gasteiger partial charge on any atom is -0.345 e. The van der Waals surface area contributed by atoms with Crippen LogP contribution in [0, 0.1) is 0 Å². The van der Waals surface area contributed by atoms with Gasteiger partial charge in [-0.05, 0) is 20.9 Å². The fraction of sp³-hybridized carbons (Fsp3) is 0.636. The zero-order chi connectivity index (χ0) is 12.6. The maximum Gasteiger partial charge on any atom is 0.187 e. The Balaban J connectivity index is 2.19. The molecular weight excluding hydrogens is 258 g/mol. The molecule has 94 valence electrons. The molecule has 1 fully saturated rings. The minimum atomic E-state index is 0.319. The van der Waals surface area contributed by atoms with Gasteiger partial charge in [0.2, 0.25) is 0 Å². The highest BCUT2D eigenvalue weighted by atomic mass is 35.5. The van der Waals surface area contributed by atoms with Crippen LogP contribution in [-0.2, 0) is 0 Å². The van der Waals surface area contributed by atoms with Crippen LogP contribution in [0.4, 0.5) is 5.13 Å². The summed E-state index contributed by atoms with van der Waals surface area (Å²) in [4.78, 5) is 20.1. The lowest BCUT2D eigenvalue weighted by Gasteiger charge is -2.42. The third-order valence-corrected chi connectivity index (χ3v) is 4.78. The summed E-state index contributed by atoms with van der Waals surface area (Å²) in [7, 11) is 2.14. The van der Waals surface area contributed by atoms with Crippen molar-refractivity contribution in [2.24, 2.45) is 0 Å². The quantitative estimate of drug-likeness (QED) is 0.774. The first-order valence-electron chi connectivity index (χ1n) is 5.61. The van der Waals surface area contributed by atoms with E-state index in [1.54, 1.807) is 0 Å². The van der Waals surface area contributed by atoms with E-state index in [1.165, 1.54) is 11.3 Å². The Labute approximate surface area is 110 Å². The third-order valence-electron chi connectivity index (χ3n) is 3.34. The lowest BCUT2D eigenvalue weighted by Crippen LogP contribution is -2.55. The first kappa shape index (κ1) is 12.8. The molecule has 0 amide bonds. The van der Waals surface area contributed by atoms with Crippen molar-refractivity contribution in [1.29, 1.82) is 0 Å². The van der Waals surface area contributed by atoms with Crippen molar-refractivity contribution in [2.75, 3.05) is 25.0 Å². The number of hydrogen-bond acceptors (Lipinski definition) is 5. The molecule has 1 saturated heterocycles. The monoisotopic (exact) mass is 273 g/mol. The number of hydrogen-bond donors (Lipinski definition) is 0. The van der Waals surface area contributed by atoms with E-state index in [0.717, 1.165) is 24.5 Å². The first-order chi connectivity index (χ1) is 8.02. The van der Waals surface area contributed by atoms with E-state index in [1.807, 2.05) is 0 Å². The highest BCUT2D eigenvalue weighted by Crippen LogP contribution is 2.30. The van der Waals surface area contributed by atoms with E-state index >= 15 is 0 Å². The van der Waals surface area contributed by atoms with Gasteiger partial charge in [-0.15, -0.1) is 0 Å². The molecule has 0 aliphatic carbocycles. The summed E-state index contributed by atoms with van der Waals surface area (Å²) in [6, 6.07) is 0.946. The normalized spacial score (nSPS) is 26.2. The van der Waals surface area contributed by atoms with E-state index in [4.69, 9.17) is 11.6 Å². The fourth-order valence-corrected chi connectivity index (χ4v) is 3.15. The molecule has 2 atom stereocenters. The molecule has 17 heavy (non-hydrogen) atoms. The molecule has 0 N–H and O–H groups in total. The van der Waals surface area contributed by atoms with E-state index < -0.39 is 0 Å². The maximum absolute atomic E-state index is 10.8. The number of carbonyl (C=O) groups excluding carboxylic acids is 1. The van der Waals surface area contributed by atoms with Crippen LogP contribution in [0.5, 0.6) is 0 Å². The SMILES string of the molecule is CC1CN(c2nc(Cl)c(C=O)s2)CC(C)N1C. The predicted molar refractivity (Wildman–Crippen MR) is 71.4 cm³/mol. The Morgan fingerprint density at radius 1 is 1.41 bits per heavy atom. The number of rotatable bonds is 2. The molecule has 0 saturated carbocycles. The van der Waals surface area contributed by atoms with Gasteiger partial charge in [0.05, 0.1) is 0 Å². The van der Waals surface area contributed by atoms with Gasteiger partial charge < -0.3 is 4.90 Å². The molecule has 0 spiro atoms. The number of piperazine rings is 1. The van der Waals surface area contributed by atoms with Crippen LogP contribution in [0.2, 0.25) is 5.15 Å². The second-order valence-electron chi connectivity index (χ2n) is 4.54. The number of halogens is 1. The van der Waals surface area contributed by atoms with Crippen molar-refractivity contribution in [3.8, 4) is 0 Å². The summed E-state index contributed by atoms with van der Waals surface area (Å²) in [5.41, 5.74) is 0. The van der Waals surface area contributed by atoms with Crippen LogP contribution in [0.15, 0.2) is 0 Å². The van der Waals surface area contributed by atoms with Crippen molar-refractivity contribution in [1.82, 2.24) is 9.88 Å². The van der Waals surface area contributed by atoms with Crippen molar-refractivity contribution >= 4 is 34.4 Å². The maximum atomic E-state index is 10.8. The predicted octanol–water partition coefficient (Wildman–Crippen LogP) is 2.14. The van der Waals surface area contributed by atoms with Gasteiger partial charge in [0, 0.05) is 25.2 Å². The van der Waals surface area contributed by atoms with E-state index in [9.17, 15) is 4.79 Å². The molecule has 1 aromatic rings. The van der Waals surface area contributed by atoms with E-state index in [2.05, 4.69) is 35.7 Å². The standard InChI is InChI=1S/C11H16ClN3OS/c1-7-4-15(5-8(2)14(7)3)11-13-10(12)9(6-16)17-11/h6-8H,4-5H2,1-3H3. The average molecular weight is 274 g/mol. The van der Waals surface area contributed by atoms with Crippen molar-refractivity contribution in [3.63, 3.8) is 0 Å². The van der Waals surface area contributed by atoms with Gasteiger partial charge in [0.1, 0.15) is 4.88 Å². The summed E-state index contributed by atoms with van der Waals surface area (Å²) < 4.78 is 0. The smallest absolute Gasteiger partial charge is 0.187 e. The Bertz CT molecular complexity index is 411. The van der Waals surface area contributed by atoms with Crippen molar-refractivity contribution < 1.29 is 4.79 Å². The van der Waals surface area contributed by atoms with E-state index in [-0.39, 0.29) is 0 Å². The van der Waals surface area contributed by atoms with Crippen LogP contribution >= 0.6 is 22.9 Å². The van der Waals surface area contributed by atoms with Gasteiger partial charge in [0.25, 0.3) is 0 Å². The molecule has 0 radical (unpaired) electrons. The van der Waals surface area contributed by atoms with Gasteiger partial charge >= 0.3 is 0 Å². The second kappa shape index (κ2) is 4.92. The topological polar surface area (TPSA) is 36.4 Å². The molecule has 4 nitrogen and oxygen atoms in total. The molecule has 1 aliphatic heterocycles. The fourth-order valence-electron chi connectivity index (χ4n) is 2.07. The molecule has 6 heteroatoms. The van der Waals surface area contributed by atoms with Crippen LogP contribution in [0.1, 0.15) is 23.5 Å². The number of aldehydes is 1. The van der Waals surface area contributed by atoms with Crippen LogP contribution < -0.4 is 4.90 Å². The average Bonchev–Trinajstić information content (AvgIpc) is 2.66. The summed E-state index contributed by atoms with van der Waals surface area (Å²) in [6.45, 7) is 6.23. The van der Waals surface area contributed by atoms with Gasteiger partial charge in [0.15, 0.2) is 16.6 Å². The Morgan fingerprint density at radius 3 is 2.47 bits per heavy atom. The van der Waals surface area contributed by atoms with Gasteiger partial charge in [-0.3, -0.25) is 9.69 Å². The number of nitrogens with zero attached hydrogens (tertiary/aromatic N) is 3. The van der Waals surface area contributed by atoms with Gasteiger partial charge in [-0.25, -0.2) is 4.98 Å². The molecular formula is C11H16ClN3OS. The number of aromatic nitrogens is 1. The lowest BCUT2D eigenvalue weighted by molar-refractivity contribution is 0.112. The molecule has 0 aromatic carbocycles. The minimum absolute atomic E-state index is 0.319. The molecule has 2 rings (SSSR count). The summed E-state index contributed by atoms with van der Waals surface area (Å²) in [6.07, 6.45) is 0.770. The Hall–Kier alpha value is -0.650. The van der Waals surface area contributed by atoms with Crippen molar-refractivity contribution in [3.05, 3.63) is 10.0 Å². The lowest BCUT2D eigenvalue weighted by atomic mass is 10.1. The number of carbonyl (C=O) groups is 1. The van der Waals surface area contributed by atoms with E-state index in [0.29, 0.717) is 22.1 Å². The van der Waals surface area contributed by atoms with Crippen LogP contribution in [0.3, 0.4) is 0 Å². The summed E-state index contributed by atoms with van der Waals surface area (Å²) >= 11 is 7.26. The van der Waals surface area contributed by atoms with Gasteiger partial charge in [-0.2, -0.15) is 0 Å². The zero-order valence-corrected chi connectivity index (χ0v) is 11.8. The zero-order valence-electron chi connectivity index (χ0n) is 10.2. The second-order valence-corrected chi connectivity index (χ2v) is 5.90. The van der Waals surface area contributed by atoms with Crippen LogP contribution in [-0.4, -0.2) is 48.4 Å². The molecule has 1 aliphatic rings. The Morgan fingerprint density at radius 2 is 2.00 bits per heavy atom. The molecule has 0 bridgehead atoms. The molecule has 2 heterocycles. The third kappa shape index (κ3) is 2.46. The highest BCUT2D eigenvalue weighted by molar-refractivity contribution is 7.17. The number of likely N-dealkylation sites (N-methyl/N-ethyl adjacent to an activating group) is 1. The first-order valence-corrected chi connectivity index (χ1v) is 6.80. The number of anilines is 1. The highest BCUT2D eigenvalue weighted by Gasteiger charge is 2.28. The summed E-state index contributed by atoms with van der Waals surface area (Å²) in [5, 5.41) is 1.17. The van der Waals surface area contributed by atoms with Crippen LogP contribution in [0.25, 0.3) is 0 Å². The summed E-state index contributed by atoms with van der Waals surface area (Å²) in [5.74, 6) is 0. The van der Waals surface area contributed by atoms with Crippen molar-refractivity contribution in [2.45, 2.75) is 25.9 Å².